The van der Waals surface area contributed by atoms with Gasteiger partial charge in [-0.15, -0.1) is 0 Å². The van der Waals surface area contributed by atoms with E-state index in [2.05, 4.69) is 15.6 Å². The molecule has 0 atom stereocenters. The SMILES string of the molecule is O=C(O)NCCc1ccc(Nc2ccc([N+](=O)[O-])cn2)cc1. The highest BCUT2D eigenvalue weighted by atomic mass is 16.6. The third kappa shape index (κ3) is 4.44. The van der Waals surface area contributed by atoms with Crippen molar-refractivity contribution in [2.24, 2.45) is 0 Å². The van der Waals surface area contributed by atoms with Crippen molar-refractivity contribution < 1.29 is 14.8 Å². The van der Waals surface area contributed by atoms with Crippen molar-refractivity contribution in [2.45, 2.75) is 6.42 Å². The Morgan fingerprint density at radius 1 is 1.23 bits per heavy atom. The molecule has 0 aliphatic carbocycles. The van der Waals surface area contributed by atoms with Crippen molar-refractivity contribution in [1.29, 1.82) is 0 Å². The molecule has 0 aliphatic heterocycles. The summed E-state index contributed by atoms with van der Waals surface area (Å²) in [4.78, 5) is 24.3. The number of anilines is 2. The highest BCUT2D eigenvalue weighted by molar-refractivity contribution is 5.64. The quantitative estimate of drug-likeness (QED) is 0.557. The van der Waals surface area contributed by atoms with Gasteiger partial charge in [0.25, 0.3) is 5.69 Å². The maximum atomic E-state index is 10.5. The summed E-state index contributed by atoms with van der Waals surface area (Å²) in [6.07, 6.45) is 0.749. The summed E-state index contributed by atoms with van der Waals surface area (Å²) in [5.41, 5.74) is 1.72. The molecular weight excluding hydrogens is 288 g/mol. The molecule has 114 valence electrons. The summed E-state index contributed by atoms with van der Waals surface area (Å²) in [6.45, 7) is 0.353. The van der Waals surface area contributed by atoms with Gasteiger partial charge in [0.1, 0.15) is 12.0 Å². The number of amides is 1. The second-order valence-electron chi connectivity index (χ2n) is 4.46. The summed E-state index contributed by atoms with van der Waals surface area (Å²) in [5.74, 6) is 0.505. The van der Waals surface area contributed by atoms with Gasteiger partial charge in [-0.25, -0.2) is 9.78 Å². The zero-order valence-electron chi connectivity index (χ0n) is 11.5. The largest absolute Gasteiger partial charge is 0.465 e. The number of nitrogens with one attached hydrogen (secondary N) is 2. The van der Waals surface area contributed by atoms with Gasteiger partial charge in [0, 0.05) is 18.3 Å². The van der Waals surface area contributed by atoms with Crippen molar-refractivity contribution in [3.8, 4) is 0 Å². The first-order valence-corrected chi connectivity index (χ1v) is 6.48. The van der Waals surface area contributed by atoms with Crippen LogP contribution in [0.25, 0.3) is 0 Å². The smallest absolute Gasteiger partial charge is 0.404 e. The number of pyridine rings is 1. The van der Waals surface area contributed by atoms with Crippen LogP contribution in [-0.4, -0.2) is 27.7 Å². The van der Waals surface area contributed by atoms with Gasteiger partial charge in [-0.05, 0) is 30.2 Å². The Kier molecular flexibility index (Phi) is 4.86. The van der Waals surface area contributed by atoms with E-state index in [1.807, 2.05) is 24.3 Å². The zero-order chi connectivity index (χ0) is 15.9. The fraction of sp³-hybridized carbons (Fsp3) is 0.143. The second-order valence-corrected chi connectivity index (χ2v) is 4.46. The molecule has 0 fully saturated rings. The van der Waals surface area contributed by atoms with Crippen LogP contribution in [0.3, 0.4) is 0 Å². The molecule has 1 amide bonds. The van der Waals surface area contributed by atoms with Gasteiger partial charge >= 0.3 is 6.09 Å². The topological polar surface area (TPSA) is 117 Å². The van der Waals surface area contributed by atoms with Crippen LogP contribution >= 0.6 is 0 Å². The molecule has 2 rings (SSSR count). The minimum atomic E-state index is -1.04. The number of hydrogen-bond acceptors (Lipinski definition) is 5. The lowest BCUT2D eigenvalue weighted by atomic mass is 10.1. The van der Waals surface area contributed by atoms with Crippen LogP contribution in [-0.2, 0) is 6.42 Å². The molecule has 0 aliphatic rings. The van der Waals surface area contributed by atoms with E-state index < -0.39 is 11.0 Å². The normalized spacial score (nSPS) is 10.0. The van der Waals surface area contributed by atoms with Crippen LogP contribution in [0.15, 0.2) is 42.6 Å². The summed E-state index contributed by atoms with van der Waals surface area (Å²) >= 11 is 0. The number of hydrogen-bond donors (Lipinski definition) is 3. The predicted molar refractivity (Wildman–Crippen MR) is 80.3 cm³/mol. The molecule has 1 aromatic heterocycles. The maximum absolute atomic E-state index is 10.5. The number of rotatable bonds is 6. The molecule has 0 saturated heterocycles. The van der Waals surface area contributed by atoms with Crippen LogP contribution in [0.2, 0.25) is 0 Å². The molecule has 22 heavy (non-hydrogen) atoms. The lowest BCUT2D eigenvalue weighted by molar-refractivity contribution is -0.385. The number of nitro groups is 1. The van der Waals surface area contributed by atoms with Crippen LogP contribution < -0.4 is 10.6 Å². The van der Waals surface area contributed by atoms with Crippen LogP contribution in [0, 0.1) is 10.1 Å². The standard InChI is InChI=1S/C14H14N4O4/c19-14(20)15-8-7-10-1-3-11(4-2-10)17-13-6-5-12(9-16-13)18(21)22/h1-6,9,15H,7-8H2,(H,16,17)(H,19,20). The van der Waals surface area contributed by atoms with Gasteiger partial charge in [0.05, 0.1) is 4.92 Å². The van der Waals surface area contributed by atoms with Crippen molar-refractivity contribution in [1.82, 2.24) is 10.3 Å². The predicted octanol–water partition coefficient (Wildman–Crippen LogP) is 2.54. The molecule has 1 heterocycles. The Morgan fingerprint density at radius 2 is 1.95 bits per heavy atom. The summed E-state index contributed by atoms with van der Waals surface area (Å²) in [5, 5.41) is 24.4. The van der Waals surface area contributed by atoms with Gasteiger partial charge in [0.15, 0.2) is 0 Å². The fourth-order valence-corrected chi connectivity index (χ4v) is 1.78. The third-order valence-corrected chi connectivity index (χ3v) is 2.87. The van der Waals surface area contributed by atoms with E-state index in [4.69, 9.17) is 5.11 Å². The molecule has 8 nitrogen and oxygen atoms in total. The molecule has 0 spiro atoms. The third-order valence-electron chi connectivity index (χ3n) is 2.87. The Balaban J connectivity index is 1.93. The van der Waals surface area contributed by atoms with E-state index in [1.165, 1.54) is 18.3 Å². The van der Waals surface area contributed by atoms with E-state index in [1.54, 1.807) is 0 Å². The number of aromatic nitrogens is 1. The lowest BCUT2D eigenvalue weighted by Gasteiger charge is -2.07. The van der Waals surface area contributed by atoms with Crippen molar-refractivity contribution in [3.63, 3.8) is 0 Å². The zero-order valence-corrected chi connectivity index (χ0v) is 11.5. The number of nitrogens with zero attached hydrogens (tertiary/aromatic N) is 2. The molecule has 0 bridgehead atoms. The molecule has 1 aromatic carbocycles. The lowest BCUT2D eigenvalue weighted by Crippen LogP contribution is -2.23. The first-order valence-electron chi connectivity index (χ1n) is 6.48. The highest BCUT2D eigenvalue weighted by Crippen LogP contribution is 2.17. The Hall–Kier alpha value is -3.16. The number of carbonyl (C=O) groups is 1. The van der Waals surface area contributed by atoms with E-state index in [0.29, 0.717) is 18.8 Å². The van der Waals surface area contributed by atoms with Gasteiger partial charge in [0.2, 0.25) is 0 Å². The Labute approximate surface area is 126 Å². The van der Waals surface area contributed by atoms with E-state index in [-0.39, 0.29) is 5.69 Å². The fourth-order valence-electron chi connectivity index (χ4n) is 1.78. The summed E-state index contributed by atoms with van der Waals surface area (Å²) in [6, 6.07) is 10.3. The first kappa shape index (κ1) is 15.2. The Morgan fingerprint density at radius 3 is 2.50 bits per heavy atom. The van der Waals surface area contributed by atoms with Crippen molar-refractivity contribution in [2.75, 3.05) is 11.9 Å². The van der Waals surface area contributed by atoms with Crippen LogP contribution in [0.5, 0.6) is 0 Å². The van der Waals surface area contributed by atoms with E-state index in [9.17, 15) is 14.9 Å². The average molecular weight is 302 g/mol. The van der Waals surface area contributed by atoms with Gasteiger partial charge in [-0.3, -0.25) is 10.1 Å². The number of carboxylic acid groups (broad SMARTS) is 1. The maximum Gasteiger partial charge on any atom is 0.404 e. The van der Waals surface area contributed by atoms with Gasteiger partial charge < -0.3 is 15.7 Å². The molecular formula is C14H14N4O4. The minimum Gasteiger partial charge on any atom is -0.465 e. The molecule has 2 aromatic rings. The van der Waals surface area contributed by atoms with Crippen molar-refractivity contribution in [3.05, 3.63) is 58.3 Å². The van der Waals surface area contributed by atoms with Gasteiger partial charge in [-0.1, -0.05) is 12.1 Å². The summed E-state index contributed by atoms with van der Waals surface area (Å²) < 4.78 is 0. The summed E-state index contributed by atoms with van der Waals surface area (Å²) in [7, 11) is 0. The molecule has 8 heteroatoms. The second kappa shape index (κ2) is 7.02. The number of benzene rings is 1. The van der Waals surface area contributed by atoms with E-state index >= 15 is 0 Å². The van der Waals surface area contributed by atoms with Gasteiger partial charge in [-0.2, -0.15) is 0 Å². The van der Waals surface area contributed by atoms with Crippen LogP contribution in [0.1, 0.15) is 5.56 Å². The highest BCUT2D eigenvalue weighted by Gasteiger charge is 2.05. The molecule has 3 N–H and O–H groups in total. The molecule has 0 unspecified atom stereocenters. The monoisotopic (exact) mass is 302 g/mol. The van der Waals surface area contributed by atoms with Crippen LogP contribution in [0.4, 0.5) is 22.0 Å². The van der Waals surface area contributed by atoms with E-state index in [0.717, 1.165) is 11.3 Å². The molecule has 0 saturated carbocycles. The minimum absolute atomic E-state index is 0.0631. The first-order chi connectivity index (χ1) is 10.5. The average Bonchev–Trinajstić information content (AvgIpc) is 2.49. The molecule has 0 radical (unpaired) electrons. The Bertz CT molecular complexity index is 656. The van der Waals surface area contributed by atoms with Crippen molar-refractivity contribution >= 4 is 23.3 Å².